The van der Waals surface area contributed by atoms with Crippen molar-refractivity contribution in [2.75, 3.05) is 26.4 Å². The molecule has 41 nitrogen and oxygen atoms in total. The summed E-state index contributed by atoms with van der Waals surface area (Å²) in [7, 11) is 0. The Balaban J connectivity index is 1.80. The molecule has 654 valence electrons. The Bertz CT molecular complexity index is 3990. The van der Waals surface area contributed by atoms with Gasteiger partial charge in [-0.05, 0) is 73.0 Å². The lowest BCUT2D eigenvalue weighted by molar-refractivity contribution is -0.144. The molecule has 23 N–H and O–H groups in total. The zero-order valence-electron chi connectivity index (χ0n) is 67.9. The van der Waals surface area contributed by atoms with E-state index in [9.17, 15) is 122 Å². The SMILES string of the molecule is CC[C@H](C)[C@H](NC(=O)[C@H](CCC(=O)O)NC(=O)[C@H](Cc1c[nH]c2ccccc12)NC(=O)[C@H](CC(C)C)NC(=O)[C@@H](NC(=O)[C@@H](NC(=O)CNC(=O)[C@H](Cc1ccccc1)NC(=O)[C@H](CO)NC(=O)[C@@H](NC(=O)[C@H](CO)NC(=O)[C@H](CO)NC(=O)C(NC(=O)[C@H](CCC(=O)O)NC(=O)[C@@H](C)CC(=O)O)[C@@H](C)O)C(C)C)C(C)C)C(C)C)C(=O)O. The molecule has 1 unspecified atom stereocenters. The quantitative estimate of drug-likeness (QED) is 0.0254. The Hall–Kier alpha value is -11.7. The normalized spacial score (nSPS) is 15.4. The first-order valence-corrected chi connectivity index (χ1v) is 38.6. The van der Waals surface area contributed by atoms with Crippen LogP contribution in [0.1, 0.15) is 139 Å². The highest BCUT2D eigenvalue weighted by Crippen LogP contribution is 2.21. The summed E-state index contributed by atoms with van der Waals surface area (Å²) in [6.07, 6.45) is -3.42. The van der Waals surface area contributed by atoms with Crippen LogP contribution in [0.4, 0.5) is 0 Å². The first-order valence-electron chi connectivity index (χ1n) is 38.6. The molecule has 0 saturated heterocycles. The first kappa shape index (κ1) is 100. The Morgan fingerprint density at radius 3 is 1.21 bits per heavy atom. The van der Waals surface area contributed by atoms with Crippen molar-refractivity contribution in [2.24, 2.45) is 35.5 Å². The molecule has 2 aromatic carbocycles. The maximum atomic E-state index is 14.6. The smallest absolute Gasteiger partial charge is 0.326 e. The molecule has 16 atom stereocenters. The minimum atomic E-state index is -2.00. The lowest BCUT2D eigenvalue weighted by atomic mass is 9.97. The van der Waals surface area contributed by atoms with E-state index in [1.165, 1.54) is 20.8 Å². The number of amides is 14. The summed E-state index contributed by atoms with van der Waals surface area (Å²) in [5, 5.41) is 113. The van der Waals surface area contributed by atoms with E-state index in [0.29, 0.717) is 28.5 Å². The third-order valence-corrected chi connectivity index (χ3v) is 18.9. The van der Waals surface area contributed by atoms with Crippen LogP contribution in [0.3, 0.4) is 0 Å². The second kappa shape index (κ2) is 49.4. The highest BCUT2D eigenvalue weighted by atomic mass is 16.4. The van der Waals surface area contributed by atoms with Crippen molar-refractivity contribution in [1.82, 2.24) is 79.4 Å². The monoisotopic (exact) mass is 1670 g/mol. The number of H-pyrrole nitrogens is 1. The molecule has 41 heteroatoms. The van der Waals surface area contributed by atoms with Gasteiger partial charge in [-0.15, -0.1) is 0 Å². The number of aliphatic carboxylic acids is 4. The van der Waals surface area contributed by atoms with Crippen LogP contribution in [0.2, 0.25) is 0 Å². The molecule has 0 saturated carbocycles. The van der Waals surface area contributed by atoms with Crippen LogP contribution >= 0.6 is 0 Å². The topological polar surface area (TPSA) is 653 Å². The van der Waals surface area contributed by atoms with Crippen molar-refractivity contribution >= 4 is 117 Å². The Morgan fingerprint density at radius 1 is 0.381 bits per heavy atom. The molecular formula is C77H115N15O26. The van der Waals surface area contributed by atoms with Crippen molar-refractivity contribution in [3.63, 3.8) is 0 Å². The molecule has 1 heterocycles. The van der Waals surface area contributed by atoms with Crippen molar-refractivity contribution < 1.29 is 127 Å². The van der Waals surface area contributed by atoms with Gasteiger partial charge >= 0.3 is 23.9 Å². The van der Waals surface area contributed by atoms with Crippen LogP contribution < -0.4 is 74.4 Å². The van der Waals surface area contributed by atoms with E-state index < -0.39 is 279 Å². The van der Waals surface area contributed by atoms with Gasteiger partial charge in [0.25, 0.3) is 0 Å². The Labute approximate surface area is 680 Å². The molecular weight excluding hydrogens is 1550 g/mol. The molecule has 0 aliphatic carbocycles. The van der Waals surface area contributed by atoms with Gasteiger partial charge in [0.05, 0.1) is 38.9 Å². The fraction of sp³-hybridized carbons (Fsp3) is 0.584. The third-order valence-electron chi connectivity index (χ3n) is 18.9. The number of carboxylic acid groups (broad SMARTS) is 4. The van der Waals surface area contributed by atoms with Crippen LogP contribution in [-0.4, -0.2) is 263 Å². The molecule has 118 heavy (non-hydrogen) atoms. The van der Waals surface area contributed by atoms with Gasteiger partial charge in [0, 0.05) is 48.7 Å². The zero-order chi connectivity index (χ0) is 89.1. The van der Waals surface area contributed by atoms with Gasteiger partial charge in [0.15, 0.2) is 0 Å². The summed E-state index contributed by atoms with van der Waals surface area (Å²) >= 11 is 0. The number of aromatic amines is 1. The van der Waals surface area contributed by atoms with Gasteiger partial charge in [-0.3, -0.25) is 81.5 Å². The van der Waals surface area contributed by atoms with Gasteiger partial charge in [-0.1, -0.05) is 131 Å². The number of fused-ring (bicyclic) bond motifs is 1. The number of nitrogens with one attached hydrogen (secondary N) is 15. The van der Waals surface area contributed by atoms with Crippen molar-refractivity contribution in [2.45, 2.75) is 226 Å². The standard InChI is InChI=1S/C77H115N15O26/c1-13-40(10)62(77(117)118)91-66(106)48(24-26-57(100)101)81-69(109)51(30-44-31-78-46-22-18-17-21-45(44)46)83-68(108)49(27-36(2)3)84-73(113)61(39(8)9)90-75(115)59(37(4)5)88-55(97)32-79-65(105)50(29-43-19-15-14-16-20-43)82-70(110)52(33-93)86-74(114)60(38(6)7)89-72(112)54(35-95)85-71(111)53(34-94)87-76(116)63(42(12)96)92-67(107)47(23-25-56(98)99)80-64(104)41(11)28-58(102)103/h14-22,31,36-42,47-54,59-63,78,93-96H,13,23-30,32-35H2,1-12H3,(H,79,105)(H,80,104)(H,81,109)(H,82,110)(H,83,108)(H,84,113)(H,85,111)(H,86,114)(H,87,116)(H,88,97)(H,89,112)(H,90,115)(H,91,106)(H,92,107)(H,98,99)(H,100,101)(H,102,103)(H,117,118)/t40-,41-,42+,47-,48-,49-,50-,51-,52-,53-,54-,59-,60-,61-,62-,63?/m0/s1. The largest absolute Gasteiger partial charge is 0.481 e. The molecule has 0 aliphatic heterocycles. The molecule has 14 amide bonds. The van der Waals surface area contributed by atoms with Crippen molar-refractivity contribution in [3.05, 3.63) is 71.9 Å². The predicted octanol–water partition coefficient (Wildman–Crippen LogP) is -4.29. The molecule has 0 spiro atoms. The summed E-state index contributed by atoms with van der Waals surface area (Å²) in [4.78, 5) is 244. The molecule has 0 bridgehead atoms. The van der Waals surface area contributed by atoms with Gasteiger partial charge in [0.2, 0.25) is 82.7 Å². The van der Waals surface area contributed by atoms with Gasteiger partial charge in [0.1, 0.15) is 78.5 Å². The minimum Gasteiger partial charge on any atom is -0.481 e. The summed E-state index contributed by atoms with van der Waals surface area (Å²) in [5.41, 5.74) is 1.66. The lowest BCUT2D eigenvalue weighted by Crippen LogP contribution is -2.63. The number of aliphatic hydroxyl groups excluding tert-OH is 4. The van der Waals surface area contributed by atoms with E-state index in [4.69, 9.17) is 5.11 Å². The molecule has 3 rings (SSSR count). The molecule has 1 aromatic heterocycles. The van der Waals surface area contributed by atoms with E-state index >= 15 is 0 Å². The molecule has 0 aliphatic rings. The average molecular weight is 1670 g/mol. The van der Waals surface area contributed by atoms with E-state index in [1.807, 2.05) is 5.32 Å². The number of aliphatic hydroxyl groups is 4. The van der Waals surface area contributed by atoms with E-state index in [1.54, 1.807) is 116 Å². The van der Waals surface area contributed by atoms with Crippen molar-refractivity contribution in [3.8, 4) is 0 Å². The number of carbonyl (C=O) groups is 18. The molecule has 0 fully saturated rings. The van der Waals surface area contributed by atoms with Crippen LogP contribution in [0.15, 0.2) is 60.8 Å². The summed E-state index contributed by atoms with van der Waals surface area (Å²) in [6, 6.07) is -6.33. The van der Waals surface area contributed by atoms with Crippen LogP contribution in [0.25, 0.3) is 10.9 Å². The van der Waals surface area contributed by atoms with Gasteiger partial charge < -0.3 is 120 Å². The van der Waals surface area contributed by atoms with E-state index in [-0.39, 0.29) is 25.2 Å². The van der Waals surface area contributed by atoms with E-state index in [2.05, 4.69) is 74.1 Å². The average Bonchev–Trinajstić information content (AvgIpc) is 1.64. The number of rotatable bonds is 52. The number of hydrogen-bond acceptors (Lipinski definition) is 22. The molecule has 3 aromatic rings. The first-order chi connectivity index (χ1) is 55.4. The predicted molar refractivity (Wildman–Crippen MR) is 419 cm³/mol. The second-order valence-electron chi connectivity index (χ2n) is 30.2. The minimum absolute atomic E-state index is 0.0368. The fourth-order valence-electron chi connectivity index (χ4n) is 11.9. The van der Waals surface area contributed by atoms with Crippen LogP contribution in [-0.2, 0) is 99.1 Å². The summed E-state index contributed by atoms with van der Waals surface area (Å²) in [6.45, 7) is 13.8. The number of hydrogen-bond donors (Lipinski definition) is 23. The third kappa shape index (κ3) is 33.1. The summed E-state index contributed by atoms with van der Waals surface area (Å²) < 4.78 is 0. The van der Waals surface area contributed by atoms with Crippen molar-refractivity contribution in [1.29, 1.82) is 0 Å². The highest BCUT2D eigenvalue weighted by molar-refractivity contribution is 6.01. The molecule has 0 radical (unpaired) electrons. The number of aromatic nitrogens is 1. The number of carbonyl (C=O) groups excluding carboxylic acids is 14. The second-order valence-corrected chi connectivity index (χ2v) is 30.2. The summed E-state index contributed by atoms with van der Waals surface area (Å²) in [5.74, 6) is -24.8. The van der Waals surface area contributed by atoms with Crippen LogP contribution in [0.5, 0.6) is 0 Å². The maximum absolute atomic E-state index is 14.6. The van der Waals surface area contributed by atoms with E-state index in [0.717, 1.165) is 6.92 Å². The number of carboxylic acids is 4. The highest BCUT2D eigenvalue weighted by Gasteiger charge is 2.40. The van der Waals surface area contributed by atoms with Crippen LogP contribution in [0, 0.1) is 35.5 Å². The van der Waals surface area contributed by atoms with Gasteiger partial charge in [-0.25, -0.2) is 4.79 Å². The lowest BCUT2D eigenvalue weighted by Gasteiger charge is -2.30. The fourth-order valence-corrected chi connectivity index (χ4v) is 11.9. The van der Waals surface area contributed by atoms with Gasteiger partial charge in [-0.2, -0.15) is 0 Å². The number of para-hydroxylation sites is 1. The zero-order valence-corrected chi connectivity index (χ0v) is 67.9. The maximum Gasteiger partial charge on any atom is 0.326 e. The Kier molecular flexibility index (Phi) is 42.0. The Morgan fingerprint density at radius 2 is 0.754 bits per heavy atom. The number of benzene rings is 2.